The van der Waals surface area contributed by atoms with E-state index >= 15 is 0 Å². The molecule has 0 aliphatic carbocycles. The van der Waals surface area contributed by atoms with Crippen molar-refractivity contribution < 1.29 is 29.7 Å². The molecule has 0 aliphatic heterocycles. The monoisotopic (exact) mass is 1120 g/mol. The summed E-state index contributed by atoms with van der Waals surface area (Å²) in [5, 5.41) is 25.6. The minimum absolute atomic E-state index is 0.345. The molecule has 64 heavy (non-hydrogen) atoms. The van der Waals surface area contributed by atoms with Crippen LogP contribution < -0.4 is 0 Å². The van der Waals surface area contributed by atoms with Crippen molar-refractivity contribution in [2.45, 2.75) is 329 Å². The predicted molar refractivity (Wildman–Crippen MR) is 294 cm³/mol. The molecule has 6 nitrogen and oxygen atoms in total. The Kier molecular flexibility index (Phi) is 75.0. The lowest BCUT2D eigenvalue weighted by molar-refractivity contribution is -0.138. The van der Waals surface area contributed by atoms with Crippen LogP contribution >= 0.6 is 42.2 Å². The van der Waals surface area contributed by atoms with Crippen LogP contribution in [-0.4, -0.2) is 41.9 Å². The molecule has 0 saturated heterocycles. The highest BCUT2D eigenvalue weighted by molar-refractivity contribution is 9.69. The van der Waals surface area contributed by atoms with Crippen molar-refractivity contribution in [3.05, 3.63) is 0 Å². The lowest BCUT2D eigenvalue weighted by atomic mass is 10.0. The molecule has 0 aliphatic rings. The molecule has 0 aromatic rings. The molecular weight excluding hydrogens is 1010 g/mol. The van der Waals surface area contributed by atoms with Gasteiger partial charge in [0.05, 0.1) is 0 Å². The van der Waals surface area contributed by atoms with Gasteiger partial charge in [-0.3, -0.25) is 14.4 Å². The van der Waals surface area contributed by atoms with Crippen LogP contribution in [0.25, 0.3) is 0 Å². The minimum atomic E-state index is -0.701. The quantitative estimate of drug-likeness (QED) is 0.0413. The molecule has 0 rings (SSSR count). The Morgan fingerprint density at radius 3 is 0.438 bits per heavy atom. The fourth-order valence-corrected chi connectivity index (χ4v) is 7.94. The highest BCUT2D eigenvalue weighted by Gasteiger charge is 2.00. The fourth-order valence-electron chi connectivity index (χ4n) is 7.94. The first kappa shape index (κ1) is 70.9. The van der Waals surface area contributed by atoms with Crippen LogP contribution in [0.4, 0.5) is 0 Å². The number of carboxylic acids is 3. The van der Waals surface area contributed by atoms with E-state index in [0.717, 1.165) is 38.5 Å². The number of hydrogen-bond acceptors (Lipinski definition) is 3. The third-order valence-corrected chi connectivity index (χ3v) is 12.0. The maximum atomic E-state index is 10.3. The molecule has 0 bridgehead atoms. The highest BCUT2D eigenvalue weighted by atomic mass is 80.0. The normalized spacial score (nSPS) is 10.6. The van der Waals surface area contributed by atoms with Crippen LogP contribution in [0, 0.1) is 0 Å². The smallest absolute Gasteiger partial charge is 0.481 e. The summed E-state index contributed by atoms with van der Waals surface area (Å²) in [6.07, 6.45) is 60.6. The van der Waals surface area contributed by atoms with Crippen molar-refractivity contribution in [2.24, 2.45) is 0 Å². The van der Waals surface area contributed by atoms with Crippen molar-refractivity contribution in [3.8, 4) is 0 Å². The zero-order valence-corrected chi connectivity index (χ0v) is 48.6. The number of carbonyl (C=O) groups is 3. The van der Waals surface area contributed by atoms with Gasteiger partial charge in [0.25, 0.3) is 0 Å². The van der Waals surface area contributed by atoms with Gasteiger partial charge in [0.2, 0.25) is 0 Å². The first-order chi connectivity index (χ1) is 31.0. The van der Waals surface area contributed by atoms with E-state index < -0.39 is 26.6 Å². The molecule has 3 N–H and O–H groups in total. The van der Waals surface area contributed by atoms with Gasteiger partial charge in [0, 0.05) is 19.3 Å². The first-order valence-corrected chi connectivity index (χ1v) is 37.2. The molecule has 0 aromatic carbocycles. The van der Waals surface area contributed by atoms with Gasteiger partial charge in [-0.25, -0.2) is 0 Å². The van der Waals surface area contributed by atoms with Crippen molar-refractivity contribution in [2.75, 3.05) is 0 Å². The second kappa shape index (κ2) is 67.7. The van der Waals surface area contributed by atoms with E-state index in [1.165, 1.54) is 250 Å². The molecule has 0 unspecified atom stereocenters. The van der Waals surface area contributed by atoms with Gasteiger partial charge >= 0.3 is 26.6 Å². The minimum Gasteiger partial charge on any atom is -0.481 e. The molecular formula is C54H108AlBr3O6. The maximum Gasteiger partial charge on any atom is 0.542 e. The number of hydrogen-bond donors (Lipinski definition) is 3. The fraction of sp³-hybridized carbons (Fsp3) is 0.944. The van der Waals surface area contributed by atoms with Crippen LogP contribution in [0.2, 0.25) is 0 Å². The largest absolute Gasteiger partial charge is 0.542 e. The zero-order valence-electron chi connectivity index (χ0n) is 42.7. The predicted octanol–water partition coefficient (Wildman–Crippen LogP) is 21.2. The Labute approximate surface area is 424 Å². The lowest BCUT2D eigenvalue weighted by Crippen LogP contribution is -1.93. The molecule has 0 spiro atoms. The Bertz CT molecular complexity index is 775. The van der Waals surface area contributed by atoms with Gasteiger partial charge < -0.3 is 15.3 Å². The van der Waals surface area contributed by atoms with Gasteiger partial charge in [-0.1, -0.05) is 290 Å². The summed E-state index contributed by atoms with van der Waals surface area (Å²) in [5.74, 6) is -1.96. The first-order valence-electron chi connectivity index (χ1n) is 27.6. The van der Waals surface area contributed by atoms with Crippen LogP contribution in [0.3, 0.4) is 0 Å². The highest BCUT2D eigenvalue weighted by Crippen LogP contribution is 2.17. The molecule has 0 saturated carbocycles. The summed E-state index contributed by atoms with van der Waals surface area (Å²) >= 11 is 9.73. The zero-order chi connectivity index (χ0) is 48.3. The van der Waals surface area contributed by atoms with E-state index in [9.17, 15) is 14.4 Å². The SMILES string of the molecule is CCCCCCCCCCCCCCCCCC(=O)O.CCCCCCCCCCCCCCCCCC(=O)O.CCCCCCCCCCCCCCCCCC(=O)O.[Br][Al]([Br])[Br]. The van der Waals surface area contributed by atoms with Crippen LogP contribution in [0.1, 0.15) is 329 Å². The summed E-state index contributed by atoms with van der Waals surface area (Å²) in [6, 6.07) is 0. The van der Waals surface area contributed by atoms with Crippen molar-refractivity contribution in [1.82, 2.24) is 0 Å². The van der Waals surface area contributed by atoms with Crippen molar-refractivity contribution in [3.63, 3.8) is 0 Å². The average Bonchev–Trinajstić information content (AvgIpc) is 3.25. The lowest BCUT2D eigenvalue weighted by Gasteiger charge is -2.03. The second-order valence-electron chi connectivity index (χ2n) is 18.5. The molecule has 0 aromatic heterocycles. The molecule has 0 fully saturated rings. The van der Waals surface area contributed by atoms with Gasteiger partial charge in [0.15, 0.2) is 0 Å². The summed E-state index contributed by atoms with van der Waals surface area (Å²) in [4.78, 5) is 31.0. The summed E-state index contributed by atoms with van der Waals surface area (Å²) in [7, 11) is -0.701. The van der Waals surface area contributed by atoms with E-state index in [1.807, 2.05) is 0 Å². The second-order valence-corrected chi connectivity index (χ2v) is 38.3. The van der Waals surface area contributed by atoms with E-state index in [4.69, 9.17) is 15.3 Å². The van der Waals surface area contributed by atoms with Gasteiger partial charge in [-0.2, -0.15) is 42.2 Å². The summed E-state index contributed by atoms with van der Waals surface area (Å²) in [6.45, 7) is 6.81. The summed E-state index contributed by atoms with van der Waals surface area (Å²) < 4.78 is 0. The number of aliphatic carboxylic acids is 3. The number of rotatable bonds is 48. The molecule has 0 radical (unpaired) electrons. The Morgan fingerprint density at radius 2 is 0.344 bits per heavy atom. The molecule has 0 amide bonds. The molecule has 10 heteroatoms. The van der Waals surface area contributed by atoms with E-state index in [2.05, 4.69) is 62.9 Å². The average molecular weight is 1120 g/mol. The molecule has 0 atom stereocenters. The third-order valence-electron chi connectivity index (χ3n) is 12.0. The van der Waals surface area contributed by atoms with Gasteiger partial charge in [-0.05, 0) is 19.3 Å². The molecule has 384 valence electrons. The van der Waals surface area contributed by atoms with Crippen molar-refractivity contribution >= 4 is 68.7 Å². The Balaban J connectivity index is -0.000000404. The van der Waals surface area contributed by atoms with Crippen LogP contribution in [0.5, 0.6) is 0 Å². The number of unbranched alkanes of at least 4 members (excludes halogenated alkanes) is 42. The standard InChI is InChI=1S/3C18H36O2.Al.3BrH/c3*1-2-3-4-5-6-7-8-9-10-11-12-13-14-15-16-17-18(19)20;;;;/h3*2-17H2,1H3,(H,19,20);;3*1H/q;;;+3;;;/p-3. The Hall–Kier alpha value is 0.382. The van der Waals surface area contributed by atoms with Crippen molar-refractivity contribution in [1.29, 1.82) is 0 Å². The van der Waals surface area contributed by atoms with E-state index in [1.54, 1.807) is 0 Å². The third kappa shape index (κ3) is 89.0. The van der Waals surface area contributed by atoms with E-state index in [-0.39, 0.29) is 0 Å². The Morgan fingerprint density at radius 1 is 0.250 bits per heavy atom. The van der Waals surface area contributed by atoms with E-state index in [0.29, 0.717) is 19.3 Å². The van der Waals surface area contributed by atoms with Crippen LogP contribution in [-0.2, 0) is 14.4 Å². The van der Waals surface area contributed by atoms with Gasteiger partial charge in [0.1, 0.15) is 0 Å². The summed E-state index contributed by atoms with van der Waals surface area (Å²) in [5.41, 5.74) is 0. The molecule has 0 heterocycles. The van der Waals surface area contributed by atoms with Gasteiger partial charge in [-0.15, -0.1) is 0 Å². The number of halogens is 3. The topological polar surface area (TPSA) is 112 Å². The number of carboxylic acid groups (broad SMARTS) is 3. The maximum absolute atomic E-state index is 10.3. The van der Waals surface area contributed by atoms with Crippen LogP contribution in [0.15, 0.2) is 0 Å².